The number of rotatable bonds is 7. The molecule has 6 nitrogen and oxygen atoms in total. The lowest BCUT2D eigenvalue weighted by molar-refractivity contribution is 0.0516. The summed E-state index contributed by atoms with van der Waals surface area (Å²) in [6, 6.07) is 2.35. The quantitative estimate of drug-likeness (QED) is 0.852. The Morgan fingerprint density at radius 2 is 2.09 bits per heavy atom. The molecule has 0 spiro atoms. The second kappa shape index (κ2) is 7.75. The van der Waals surface area contributed by atoms with Gasteiger partial charge in [-0.15, -0.1) is 0 Å². The van der Waals surface area contributed by atoms with Crippen LogP contribution < -0.4 is 5.32 Å². The van der Waals surface area contributed by atoms with Crippen molar-refractivity contribution in [2.75, 3.05) is 13.2 Å². The number of hydrogen-bond donors (Lipinski definition) is 1. The van der Waals surface area contributed by atoms with Gasteiger partial charge in [0, 0.05) is 51.4 Å². The van der Waals surface area contributed by atoms with E-state index in [-0.39, 0.29) is 6.04 Å². The minimum absolute atomic E-state index is 0.258. The van der Waals surface area contributed by atoms with Gasteiger partial charge in [0.25, 0.3) is 0 Å². The Bertz CT molecular complexity index is 600. The lowest BCUT2D eigenvalue weighted by Crippen LogP contribution is -2.34. The van der Waals surface area contributed by atoms with Gasteiger partial charge < -0.3 is 14.6 Å². The van der Waals surface area contributed by atoms with Crippen LogP contribution in [0.4, 0.5) is 0 Å². The molecule has 1 atom stereocenters. The van der Waals surface area contributed by atoms with Gasteiger partial charge in [-0.25, -0.2) is 4.98 Å². The number of imidazole rings is 1. The molecule has 3 heterocycles. The Hall–Kier alpha value is -1.66. The smallest absolute Gasteiger partial charge is 0.126 e. The summed E-state index contributed by atoms with van der Waals surface area (Å²) in [6.45, 7) is 8.64. The highest BCUT2D eigenvalue weighted by Crippen LogP contribution is 2.29. The van der Waals surface area contributed by atoms with E-state index in [1.165, 1.54) is 5.69 Å². The molecule has 1 fully saturated rings. The SMILES string of the molecule is CCn1ccnc1[C@@H](NCc1ccnn1CC)C1CCOCC1. The second-order valence-electron chi connectivity index (χ2n) is 6.02. The van der Waals surface area contributed by atoms with Crippen molar-refractivity contribution in [3.05, 3.63) is 36.2 Å². The standard InChI is InChI=1S/C17H27N5O/c1-3-21-10-9-18-17(21)16(14-6-11-23-12-7-14)19-13-15-5-8-20-22(15)4-2/h5,8-10,14,16,19H,3-4,6-7,11-13H2,1-2H3/t16-/m0/s1. The summed E-state index contributed by atoms with van der Waals surface area (Å²) in [5.41, 5.74) is 1.22. The van der Waals surface area contributed by atoms with Crippen LogP contribution in [0.25, 0.3) is 0 Å². The van der Waals surface area contributed by atoms with Crippen molar-refractivity contribution in [2.24, 2.45) is 5.92 Å². The highest BCUT2D eigenvalue weighted by molar-refractivity contribution is 5.05. The van der Waals surface area contributed by atoms with Gasteiger partial charge in [-0.2, -0.15) is 5.10 Å². The molecule has 0 saturated carbocycles. The number of ether oxygens (including phenoxy) is 1. The number of aryl methyl sites for hydroxylation is 2. The number of nitrogens with zero attached hydrogens (tertiary/aromatic N) is 4. The van der Waals surface area contributed by atoms with Crippen molar-refractivity contribution in [3.63, 3.8) is 0 Å². The first-order valence-corrected chi connectivity index (χ1v) is 8.66. The van der Waals surface area contributed by atoms with Gasteiger partial charge in [0.15, 0.2) is 0 Å². The van der Waals surface area contributed by atoms with Crippen LogP contribution in [0.1, 0.15) is 44.2 Å². The second-order valence-corrected chi connectivity index (χ2v) is 6.02. The van der Waals surface area contributed by atoms with Crippen LogP contribution in [-0.2, 0) is 24.4 Å². The van der Waals surface area contributed by atoms with Crippen molar-refractivity contribution in [3.8, 4) is 0 Å². The third kappa shape index (κ3) is 3.64. The molecule has 3 rings (SSSR count). The highest BCUT2D eigenvalue weighted by Gasteiger charge is 2.28. The fraction of sp³-hybridized carbons (Fsp3) is 0.647. The Kier molecular flexibility index (Phi) is 5.46. The summed E-state index contributed by atoms with van der Waals surface area (Å²) >= 11 is 0. The predicted molar refractivity (Wildman–Crippen MR) is 88.9 cm³/mol. The summed E-state index contributed by atoms with van der Waals surface area (Å²) in [7, 11) is 0. The summed E-state index contributed by atoms with van der Waals surface area (Å²) in [5, 5.41) is 8.10. The highest BCUT2D eigenvalue weighted by atomic mass is 16.5. The van der Waals surface area contributed by atoms with Gasteiger partial charge in [0.2, 0.25) is 0 Å². The molecule has 0 unspecified atom stereocenters. The minimum Gasteiger partial charge on any atom is -0.381 e. The molecule has 0 aliphatic carbocycles. The van der Waals surface area contributed by atoms with Gasteiger partial charge in [0.05, 0.1) is 11.7 Å². The van der Waals surface area contributed by atoms with Crippen LogP contribution in [0.15, 0.2) is 24.7 Å². The predicted octanol–water partition coefficient (Wildman–Crippen LogP) is 2.38. The first kappa shape index (κ1) is 16.2. The Labute approximate surface area is 137 Å². The fourth-order valence-corrected chi connectivity index (χ4v) is 3.39. The minimum atomic E-state index is 0.258. The van der Waals surface area contributed by atoms with Crippen molar-refractivity contribution in [1.29, 1.82) is 0 Å². The Morgan fingerprint density at radius 3 is 2.83 bits per heavy atom. The number of aromatic nitrogens is 4. The Balaban J connectivity index is 1.77. The molecule has 0 aromatic carbocycles. The molecule has 1 aliphatic rings. The Morgan fingerprint density at radius 1 is 1.26 bits per heavy atom. The lowest BCUT2D eigenvalue weighted by atomic mass is 9.91. The van der Waals surface area contributed by atoms with E-state index < -0.39 is 0 Å². The molecule has 126 valence electrons. The summed E-state index contributed by atoms with van der Waals surface area (Å²) in [6.07, 6.45) is 8.02. The molecular weight excluding hydrogens is 290 g/mol. The van der Waals surface area contributed by atoms with E-state index in [0.29, 0.717) is 5.92 Å². The van der Waals surface area contributed by atoms with E-state index >= 15 is 0 Å². The van der Waals surface area contributed by atoms with Crippen molar-refractivity contribution in [1.82, 2.24) is 24.6 Å². The maximum absolute atomic E-state index is 5.54. The third-order valence-electron chi connectivity index (χ3n) is 4.71. The van der Waals surface area contributed by atoms with Gasteiger partial charge >= 0.3 is 0 Å². The van der Waals surface area contributed by atoms with E-state index in [0.717, 1.165) is 51.5 Å². The van der Waals surface area contributed by atoms with E-state index in [2.05, 4.69) is 46.1 Å². The van der Waals surface area contributed by atoms with Crippen molar-refractivity contribution in [2.45, 2.75) is 52.4 Å². The summed E-state index contributed by atoms with van der Waals surface area (Å²) < 4.78 is 9.82. The van der Waals surface area contributed by atoms with Crippen LogP contribution >= 0.6 is 0 Å². The monoisotopic (exact) mass is 317 g/mol. The van der Waals surface area contributed by atoms with Gasteiger partial charge in [-0.05, 0) is 38.7 Å². The molecule has 2 aromatic rings. The first-order chi connectivity index (χ1) is 11.3. The van der Waals surface area contributed by atoms with Crippen LogP contribution in [-0.4, -0.2) is 32.5 Å². The maximum Gasteiger partial charge on any atom is 0.126 e. The molecule has 1 aliphatic heterocycles. The van der Waals surface area contributed by atoms with E-state index in [1.54, 1.807) is 0 Å². The van der Waals surface area contributed by atoms with E-state index in [9.17, 15) is 0 Å². The third-order valence-corrected chi connectivity index (χ3v) is 4.71. The van der Waals surface area contributed by atoms with Gasteiger partial charge in [0.1, 0.15) is 5.82 Å². The zero-order chi connectivity index (χ0) is 16.1. The molecule has 23 heavy (non-hydrogen) atoms. The number of nitrogens with one attached hydrogen (secondary N) is 1. The molecule has 0 bridgehead atoms. The molecule has 0 amide bonds. The van der Waals surface area contributed by atoms with Gasteiger partial charge in [-0.1, -0.05) is 0 Å². The lowest BCUT2D eigenvalue weighted by Gasteiger charge is -2.31. The largest absolute Gasteiger partial charge is 0.381 e. The maximum atomic E-state index is 5.54. The zero-order valence-electron chi connectivity index (χ0n) is 14.1. The van der Waals surface area contributed by atoms with Crippen LogP contribution in [0.3, 0.4) is 0 Å². The van der Waals surface area contributed by atoms with Crippen LogP contribution in [0.2, 0.25) is 0 Å². The van der Waals surface area contributed by atoms with E-state index in [4.69, 9.17) is 4.74 Å². The molecule has 0 radical (unpaired) electrons. The topological polar surface area (TPSA) is 56.9 Å². The molecule has 1 saturated heterocycles. The zero-order valence-corrected chi connectivity index (χ0v) is 14.1. The molecule has 1 N–H and O–H groups in total. The summed E-state index contributed by atoms with van der Waals surface area (Å²) in [5.74, 6) is 1.71. The van der Waals surface area contributed by atoms with Gasteiger partial charge in [-0.3, -0.25) is 4.68 Å². The van der Waals surface area contributed by atoms with E-state index in [1.807, 2.05) is 17.1 Å². The first-order valence-electron chi connectivity index (χ1n) is 8.66. The fourth-order valence-electron chi connectivity index (χ4n) is 3.39. The van der Waals surface area contributed by atoms with Crippen LogP contribution in [0, 0.1) is 5.92 Å². The van der Waals surface area contributed by atoms with Crippen molar-refractivity contribution >= 4 is 0 Å². The van der Waals surface area contributed by atoms with Crippen LogP contribution in [0.5, 0.6) is 0 Å². The summed E-state index contributed by atoms with van der Waals surface area (Å²) in [4.78, 5) is 4.64. The molecule has 2 aromatic heterocycles. The average Bonchev–Trinajstić information content (AvgIpc) is 3.25. The van der Waals surface area contributed by atoms with Crippen molar-refractivity contribution < 1.29 is 4.74 Å². The normalized spacial score (nSPS) is 17.5. The number of hydrogen-bond acceptors (Lipinski definition) is 4. The molecule has 6 heteroatoms. The average molecular weight is 317 g/mol. The molecular formula is C17H27N5O.